The molecule has 1 unspecified atom stereocenters. The Balaban J connectivity index is 2.49. The van der Waals surface area contributed by atoms with Crippen LogP contribution in [0.1, 0.15) is 19.4 Å². The minimum Gasteiger partial charge on any atom is -0.399 e. The molecule has 0 saturated carbocycles. The average molecular weight is 200 g/mol. The third-order valence-electron chi connectivity index (χ3n) is 2.73. The second kappa shape index (κ2) is 3.81. The van der Waals surface area contributed by atoms with E-state index in [-0.39, 0.29) is 0 Å². The lowest BCUT2D eigenvalue weighted by molar-refractivity contribution is 0.574. The van der Waals surface area contributed by atoms with Crippen LogP contribution in [0.2, 0.25) is 0 Å². The van der Waals surface area contributed by atoms with Crippen molar-refractivity contribution >= 4 is 16.6 Å². The highest BCUT2D eigenvalue weighted by Gasteiger charge is 2.06. The normalized spacial score (nSPS) is 12.9. The fraction of sp³-hybridized carbons (Fsp3) is 0.231. The van der Waals surface area contributed by atoms with Crippen molar-refractivity contribution in [1.29, 1.82) is 0 Å². The zero-order valence-corrected chi connectivity index (χ0v) is 8.98. The van der Waals surface area contributed by atoms with Crippen LogP contribution in [-0.2, 0) is 0 Å². The van der Waals surface area contributed by atoms with E-state index >= 15 is 0 Å². The molecule has 0 fully saturated rings. The fourth-order valence-corrected chi connectivity index (χ4v) is 1.92. The van der Waals surface area contributed by atoms with Gasteiger partial charge in [0, 0.05) is 28.8 Å². The van der Waals surface area contributed by atoms with Crippen molar-refractivity contribution in [3.63, 3.8) is 0 Å². The standard InChI is InChI=1S/C13H16N2/c1-3-4-10(2)15-8-7-11-9-12(14)5-6-13(11)15/h3,5-10H,1,4,14H2,2H3. The lowest BCUT2D eigenvalue weighted by atomic mass is 10.2. The molecule has 2 N–H and O–H groups in total. The summed E-state index contributed by atoms with van der Waals surface area (Å²) in [5, 5.41) is 1.20. The molecule has 0 aliphatic carbocycles. The Morgan fingerprint density at radius 1 is 1.47 bits per heavy atom. The number of nitrogen functional groups attached to an aromatic ring is 1. The lowest BCUT2D eigenvalue weighted by Crippen LogP contribution is -2.01. The topological polar surface area (TPSA) is 30.9 Å². The SMILES string of the molecule is C=CCC(C)n1ccc2cc(N)ccc21. The van der Waals surface area contributed by atoms with Gasteiger partial charge < -0.3 is 10.3 Å². The van der Waals surface area contributed by atoms with Gasteiger partial charge in [0.25, 0.3) is 0 Å². The maximum atomic E-state index is 5.74. The molecule has 1 aromatic heterocycles. The Hall–Kier alpha value is -1.70. The Morgan fingerprint density at radius 3 is 3.00 bits per heavy atom. The van der Waals surface area contributed by atoms with Crippen LogP contribution in [0.15, 0.2) is 43.1 Å². The van der Waals surface area contributed by atoms with Gasteiger partial charge in [-0.2, -0.15) is 0 Å². The van der Waals surface area contributed by atoms with Crippen LogP contribution in [0.25, 0.3) is 10.9 Å². The van der Waals surface area contributed by atoms with Crippen molar-refractivity contribution in [2.45, 2.75) is 19.4 Å². The molecule has 0 saturated heterocycles. The molecule has 0 bridgehead atoms. The number of hydrogen-bond donors (Lipinski definition) is 1. The van der Waals surface area contributed by atoms with Crippen molar-refractivity contribution in [2.24, 2.45) is 0 Å². The number of nitrogens with two attached hydrogens (primary N) is 1. The molecule has 1 aromatic carbocycles. The van der Waals surface area contributed by atoms with Crippen molar-refractivity contribution in [3.05, 3.63) is 43.1 Å². The van der Waals surface area contributed by atoms with E-state index in [1.54, 1.807) is 0 Å². The first kappa shape index (κ1) is 9.84. The number of fused-ring (bicyclic) bond motifs is 1. The first-order valence-electron chi connectivity index (χ1n) is 5.19. The summed E-state index contributed by atoms with van der Waals surface area (Å²) < 4.78 is 2.26. The highest BCUT2D eigenvalue weighted by molar-refractivity contribution is 5.83. The fourth-order valence-electron chi connectivity index (χ4n) is 1.92. The number of hydrogen-bond acceptors (Lipinski definition) is 1. The minimum atomic E-state index is 0.448. The van der Waals surface area contributed by atoms with E-state index in [0.717, 1.165) is 12.1 Å². The van der Waals surface area contributed by atoms with E-state index in [1.165, 1.54) is 10.9 Å². The zero-order chi connectivity index (χ0) is 10.8. The molecular weight excluding hydrogens is 184 g/mol. The molecule has 2 rings (SSSR count). The molecule has 0 amide bonds. The van der Waals surface area contributed by atoms with Crippen LogP contribution in [0, 0.1) is 0 Å². The quantitative estimate of drug-likeness (QED) is 0.597. The number of anilines is 1. The van der Waals surface area contributed by atoms with Gasteiger partial charge in [0.1, 0.15) is 0 Å². The lowest BCUT2D eigenvalue weighted by Gasteiger charge is -2.13. The van der Waals surface area contributed by atoms with Crippen molar-refractivity contribution in [2.75, 3.05) is 5.73 Å². The Kier molecular flexibility index (Phi) is 2.50. The van der Waals surface area contributed by atoms with Crippen LogP contribution in [-0.4, -0.2) is 4.57 Å². The molecule has 0 aliphatic heterocycles. The van der Waals surface area contributed by atoms with Crippen LogP contribution in [0.5, 0.6) is 0 Å². The van der Waals surface area contributed by atoms with Crippen LogP contribution in [0.3, 0.4) is 0 Å². The summed E-state index contributed by atoms with van der Waals surface area (Å²) in [6, 6.07) is 8.57. The van der Waals surface area contributed by atoms with Gasteiger partial charge in [-0.15, -0.1) is 6.58 Å². The summed E-state index contributed by atoms with van der Waals surface area (Å²) in [6.45, 7) is 5.96. The first-order valence-corrected chi connectivity index (χ1v) is 5.19. The summed E-state index contributed by atoms with van der Waals surface area (Å²) in [7, 11) is 0. The van der Waals surface area contributed by atoms with Gasteiger partial charge in [-0.05, 0) is 37.6 Å². The third kappa shape index (κ3) is 1.75. The van der Waals surface area contributed by atoms with E-state index in [4.69, 9.17) is 5.73 Å². The predicted molar refractivity (Wildman–Crippen MR) is 65.9 cm³/mol. The van der Waals surface area contributed by atoms with Crippen LogP contribution < -0.4 is 5.73 Å². The number of aromatic nitrogens is 1. The average Bonchev–Trinajstić information content (AvgIpc) is 2.60. The van der Waals surface area contributed by atoms with E-state index in [9.17, 15) is 0 Å². The van der Waals surface area contributed by atoms with Crippen molar-refractivity contribution in [1.82, 2.24) is 4.57 Å². The Morgan fingerprint density at radius 2 is 2.27 bits per heavy atom. The molecule has 0 aliphatic rings. The summed E-state index contributed by atoms with van der Waals surface area (Å²) >= 11 is 0. The molecule has 15 heavy (non-hydrogen) atoms. The predicted octanol–water partition coefficient (Wildman–Crippen LogP) is 3.36. The molecule has 78 valence electrons. The number of nitrogens with zero attached hydrogens (tertiary/aromatic N) is 1. The Labute approximate surface area is 90.0 Å². The van der Waals surface area contributed by atoms with Gasteiger partial charge in [-0.3, -0.25) is 0 Å². The first-order chi connectivity index (χ1) is 7.22. The second-order valence-corrected chi connectivity index (χ2v) is 3.91. The molecule has 1 atom stereocenters. The molecule has 0 spiro atoms. The molecule has 1 heterocycles. The van der Waals surface area contributed by atoms with E-state index < -0.39 is 0 Å². The maximum absolute atomic E-state index is 5.74. The van der Waals surface area contributed by atoms with Gasteiger partial charge in [-0.25, -0.2) is 0 Å². The number of benzene rings is 1. The smallest absolute Gasteiger partial charge is 0.0484 e. The van der Waals surface area contributed by atoms with Crippen LogP contribution in [0.4, 0.5) is 5.69 Å². The summed E-state index contributed by atoms with van der Waals surface area (Å²) in [5.74, 6) is 0. The summed E-state index contributed by atoms with van der Waals surface area (Å²) in [4.78, 5) is 0. The second-order valence-electron chi connectivity index (χ2n) is 3.91. The third-order valence-corrected chi connectivity index (χ3v) is 2.73. The highest BCUT2D eigenvalue weighted by atomic mass is 15.0. The monoisotopic (exact) mass is 200 g/mol. The van der Waals surface area contributed by atoms with E-state index in [2.05, 4.69) is 36.4 Å². The van der Waals surface area contributed by atoms with Gasteiger partial charge in [0.2, 0.25) is 0 Å². The van der Waals surface area contributed by atoms with Gasteiger partial charge in [0.05, 0.1) is 0 Å². The van der Waals surface area contributed by atoms with Gasteiger partial charge in [0.15, 0.2) is 0 Å². The number of allylic oxidation sites excluding steroid dienone is 1. The molecule has 2 nitrogen and oxygen atoms in total. The van der Waals surface area contributed by atoms with E-state index in [0.29, 0.717) is 6.04 Å². The molecule has 2 aromatic rings. The maximum Gasteiger partial charge on any atom is 0.0484 e. The number of rotatable bonds is 3. The molecule has 0 radical (unpaired) electrons. The zero-order valence-electron chi connectivity index (χ0n) is 8.98. The largest absolute Gasteiger partial charge is 0.399 e. The highest BCUT2D eigenvalue weighted by Crippen LogP contribution is 2.23. The van der Waals surface area contributed by atoms with Crippen molar-refractivity contribution in [3.8, 4) is 0 Å². The van der Waals surface area contributed by atoms with Crippen molar-refractivity contribution < 1.29 is 0 Å². The molecule has 2 heteroatoms. The minimum absolute atomic E-state index is 0.448. The van der Waals surface area contributed by atoms with Crippen LogP contribution >= 0.6 is 0 Å². The van der Waals surface area contributed by atoms with Gasteiger partial charge >= 0.3 is 0 Å². The summed E-state index contributed by atoms with van der Waals surface area (Å²) in [6.07, 6.45) is 5.04. The Bertz CT molecular complexity index is 482. The van der Waals surface area contributed by atoms with E-state index in [1.807, 2.05) is 18.2 Å². The van der Waals surface area contributed by atoms with Gasteiger partial charge in [-0.1, -0.05) is 6.08 Å². The summed E-state index contributed by atoms with van der Waals surface area (Å²) in [5.41, 5.74) is 7.79. The molecular formula is C13H16N2.